The predicted molar refractivity (Wildman–Crippen MR) is 128 cm³/mol. The summed E-state index contributed by atoms with van der Waals surface area (Å²) >= 11 is 0. The van der Waals surface area contributed by atoms with Crippen LogP contribution in [0, 0.1) is 0 Å². The molecule has 0 aliphatic carbocycles. The molecule has 0 amide bonds. The summed E-state index contributed by atoms with van der Waals surface area (Å²) in [6.07, 6.45) is -10.9. The van der Waals surface area contributed by atoms with E-state index >= 15 is 0 Å². The first-order valence-corrected chi connectivity index (χ1v) is 12.9. The monoisotopic (exact) mass is 558 g/mol. The van der Waals surface area contributed by atoms with Gasteiger partial charge in [0, 0.05) is 5.30 Å². The predicted octanol–water partition coefficient (Wildman–Crippen LogP) is 7.19. The van der Waals surface area contributed by atoms with Crippen LogP contribution in [0.2, 0.25) is 0 Å². The van der Waals surface area contributed by atoms with Gasteiger partial charge in [-0.05, 0) is 38.1 Å². The molecule has 0 heterocycles. The first kappa shape index (κ1) is 29.0. The minimum Gasteiger partial charge on any atom is -0.493 e. The van der Waals surface area contributed by atoms with Crippen LogP contribution in [0.5, 0.6) is 11.5 Å². The van der Waals surface area contributed by atoms with E-state index in [1.54, 1.807) is 13.8 Å². The Morgan fingerprint density at radius 1 is 0.658 bits per heavy atom. The molecule has 0 fully saturated rings. The molecule has 12 heteroatoms. The molecule has 3 aromatic carbocycles. The first-order chi connectivity index (χ1) is 17.8. The van der Waals surface area contributed by atoms with Gasteiger partial charge in [-0.1, -0.05) is 42.5 Å². The Kier molecular flexibility index (Phi) is 8.41. The molecular formula is C26H21F6O5P. The summed E-state index contributed by atoms with van der Waals surface area (Å²) < 4.78 is 109. The minimum atomic E-state index is -5.43. The van der Waals surface area contributed by atoms with E-state index in [2.05, 4.69) is 0 Å². The molecule has 0 spiro atoms. The van der Waals surface area contributed by atoms with Gasteiger partial charge in [0.25, 0.3) is 0 Å². The number of carbonyl (C=O) groups is 2. The lowest BCUT2D eigenvalue weighted by atomic mass is 10.0. The number of ether oxygens (including phenoxy) is 2. The van der Waals surface area contributed by atoms with Crippen molar-refractivity contribution in [3.05, 3.63) is 89.0 Å². The third-order valence-electron chi connectivity index (χ3n) is 5.38. The number of alkyl halides is 6. The summed E-state index contributed by atoms with van der Waals surface area (Å²) in [7, 11) is -5.43. The topological polar surface area (TPSA) is 69.7 Å². The van der Waals surface area contributed by atoms with Gasteiger partial charge in [0.1, 0.15) is 17.1 Å². The van der Waals surface area contributed by atoms with Crippen LogP contribution in [0.1, 0.15) is 45.7 Å². The highest BCUT2D eigenvalue weighted by Gasteiger charge is 2.51. The van der Waals surface area contributed by atoms with Gasteiger partial charge in [0.05, 0.1) is 29.9 Å². The molecule has 5 nitrogen and oxygen atoms in total. The normalized spacial score (nSPS) is 13.5. The van der Waals surface area contributed by atoms with Gasteiger partial charge in [0.15, 0.2) is 0 Å². The SMILES string of the molecule is CCOc1cccc(OCC)c1C(=O)P(=O)(C(=O)c1c(C(F)(F)F)cccc1C(F)(F)F)c1ccccc1. The Bertz CT molecular complexity index is 1330. The van der Waals surface area contributed by atoms with E-state index in [9.17, 15) is 40.5 Å². The van der Waals surface area contributed by atoms with Gasteiger partial charge < -0.3 is 14.0 Å². The summed E-state index contributed by atoms with van der Waals surface area (Å²) in [5.41, 5.74) is -10.0. The second-order valence-corrected chi connectivity index (χ2v) is 10.3. The molecule has 0 saturated heterocycles. The maximum absolute atomic E-state index is 14.5. The van der Waals surface area contributed by atoms with Crippen molar-refractivity contribution < 1.29 is 50.0 Å². The third kappa shape index (κ3) is 5.48. The zero-order chi connectivity index (χ0) is 28.3. The average molecular weight is 558 g/mol. The summed E-state index contributed by atoms with van der Waals surface area (Å²) in [5, 5.41) is -0.547. The molecule has 0 radical (unpaired) electrons. The Hall–Kier alpha value is -3.59. The highest BCUT2D eigenvalue weighted by atomic mass is 31.2. The van der Waals surface area contributed by atoms with Crippen LogP contribution in [-0.2, 0) is 16.9 Å². The van der Waals surface area contributed by atoms with E-state index in [0.717, 1.165) is 12.1 Å². The molecule has 3 rings (SSSR count). The van der Waals surface area contributed by atoms with Crippen molar-refractivity contribution in [3.63, 3.8) is 0 Å². The lowest BCUT2D eigenvalue weighted by molar-refractivity contribution is -0.143. The average Bonchev–Trinajstić information content (AvgIpc) is 2.87. The molecule has 0 bridgehead atoms. The van der Waals surface area contributed by atoms with Crippen molar-refractivity contribution in [1.82, 2.24) is 0 Å². The fraction of sp³-hybridized carbons (Fsp3) is 0.231. The van der Waals surface area contributed by atoms with Crippen LogP contribution < -0.4 is 14.8 Å². The zero-order valence-electron chi connectivity index (χ0n) is 20.0. The third-order valence-corrected chi connectivity index (χ3v) is 8.00. The van der Waals surface area contributed by atoms with Gasteiger partial charge >= 0.3 is 12.4 Å². The highest BCUT2D eigenvalue weighted by Crippen LogP contribution is 2.56. The standard InChI is InChI=1S/C26H21F6O5P/c1-3-36-19-14-9-15-20(37-4-2)22(19)24(34)38(35,16-10-6-5-7-11-16)23(33)21-17(25(27,28)29)12-8-13-18(21)26(30,31)32/h5-15H,3-4H2,1-2H3. The fourth-order valence-corrected chi connectivity index (χ4v) is 6.14. The van der Waals surface area contributed by atoms with E-state index in [-0.39, 0.29) is 36.8 Å². The van der Waals surface area contributed by atoms with Crippen molar-refractivity contribution in [2.45, 2.75) is 26.2 Å². The molecule has 0 aliphatic heterocycles. The Morgan fingerprint density at radius 2 is 1.08 bits per heavy atom. The molecular weight excluding hydrogens is 537 g/mol. The van der Waals surface area contributed by atoms with Crippen molar-refractivity contribution >= 4 is 23.5 Å². The molecule has 202 valence electrons. The lowest BCUT2D eigenvalue weighted by Gasteiger charge is -2.23. The molecule has 0 aromatic heterocycles. The molecule has 1 atom stereocenters. The maximum Gasteiger partial charge on any atom is 0.417 e. The van der Waals surface area contributed by atoms with Crippen LogP contribution in [0.25, 0.3) is 0 Å². The molecule has 0 saturated carbocycles. The van der Waals surface area contributed by atoms with E-state index in [1.165, 1.54) is 36.4 Å². The van der Waals surface area contributed by atoms with E-state index in [4.69, 9.17) is 9.47 Å². The summed E-state index contributed by atoms with van der Waals surface area (Å²) in [4.78, 5) is 27.8. The van der Waals surface area contributed by atoms with Crippen LogP contribution in [-0.4, -0.2) is 24.3 Å². The second-order valence-electron chi connectivity index (χ2n) is 7.77. The van der Waals surface area contributed by atoms with Crippen LogP contribution in [0.15, 0.2) is 66.7 Å². The number of carbonyl (C=O) groups excluding carboxylic acids is 2. The number of hydrogen-bond donors (Lipinski definition) is 0. The summed E-state index contributed by atoms with van der Waals surface area (Å²) in [5.74, 6) is -0.403. The van der Waals surface area contributed by atoms with E-state index in [1.807, 2.05) is 0 Å². The van der Waals surface area contributed by atoms with E-state index < -0.39 is 58.1 Å². The highest BCUT2D eigenvalue weighted by molar-refractivity contribution is 8.01. The van der Waals surface area contributed by atoms with Gasteiger partial charge in [-0.3, -0.25) is 9.59 Å². The number of rotatable bonds is 9. The second kappa shape index (κ2) is 11.0. The van der Waals surface area contributed by atoms with Crippen LogP contribution in [0.3, 0.4) is 0 Å². The molecule has 1 unspecified atom stereocenters. The molecule has 38 heavy (non-hydrogen) atoms. The van der Waals surface area contributed by atoms with Gasteiger partial charge in [-0.15, -0.1) is 0 Å². The molecule has 0 aliphatic rings. The summed E-state index contributed by atoms with van der Waals surface area (Å²) in [6.45, 7) is 3.10. The largest absolute Gasteiger partial charge is 0.493 e. The van der Waals surface area contributed by atoms with Crippen molar-refractivity contribution in [2.75, 3.05) is 13.2 Å². The van der Waals surface area contributed by atoms with E-state index in [0.29, 0.717) is 6.07 Å². The Morgan fingerprint density at radius 3 is 1.50 bits per heavy atom. The smallest absolute Gasteiger partial charge is 0.417 e. The van der Waals surface area contributed by atoms with Gasteiger partial charge in [0.2, 0.25) is 18.2 Å². The van der Waals surface area contributed by atoms with Gasteiger partial charge in [-0.2, -0.15) is 26.3 Å². The zero-order valence-corrected chi connectivity index (χ0v) is 20.9. The maximum atomic E-state index is 14.5. The summed E-state index contributed by atoms with van der Waals surface area (Å²) in [6, 6.07) is 11.0. The molecule has 0 N–H and O–H groups in total. The van der Waals surface area contributed by atoms with Crippen molar-refractivity contribution in [3.8, 4) is 11.5 Å². The lowest BCUT2D eigenvalue weighted by Crippen LogP contribution is -2.26. The van der Waals surface area contributed by atoms with Crippen LogP contribution >= 0.6 is 7.14 Å². The minimum absolute atomic E-state index is 0.00538. The number of benzene rings is 3. The molecule has 3 aromatic rings. The fourth-order valence-electron chi connectivity index (χ4n) is 3.81. The number of hydrogen-bond acceptors (Lipinski definition) is 5. The number of halogens is 6. The van der Waals surface area contributed by atoms with Crippen LogP contribution in [0.4, 0.5) is 26.3 Å². The van der Waals surface area contributed by atoms with Gasteiger partial charge in [-0.25, -0.2) is 0 Å². The van der Waals surface area contributed by atoms with Crippen molar-refractivity contribution in [1.29, 1.82) is 0 Å². The Balaban J connectivity index is 2.44. The van der Waals surface area contributed by atoms with Crippen molar-refractivity contribution in [2.24, 2.45) is 0 Å². The Labute approximate surface area is 213 Å². The quantitative estimate of drug-likeness (QED) is 0.205. The first-order valence-electron chi connectivity index (χ1n) is 11.2.